The molecule has 0 fully saturated rings. The molecule has 3 heterocycles. The number of benzene rings is 9. The fraction of sp³-hybridized carbons (Fsp3) is 0.0500. The van der Waals surface area contributed by atoms with Gasteiger partial charge in [0.15, 0.2) is 17.5 Å². The van der Waals surface area contributed by atoms with Gasteiger partial charge in [0.25, 0.3) is 0 Å². The van der Waals surface area contributed by atoms with Gasteiger partial charge in [-0.3, -0.25) is 0 Å². The molecule has 1 aliphatic rings. The molecule has 0 saturated carbocycles. The van der Waals surface area contributed by atoms with Crippen LogP contribution < -0.4 is 0 Å². The molecule has 0 amide bonds. The van der Waals surface area contributed by atoms with Gasteiger partial charge < -0.3 is 4.42 Å². The van der Waals surface area contributed by atoms with E-state index in [1.165, 1.54) is 53.6 Å². The third kappa shape index (κ3) is 6.07. The Balaban J connectivity index is 0.944. The minimum Gasteiger partial charge on any atom is -0.456 e. The highest BCUT2D eigenvalue weighted by atomic mass is 32.1. The van der Waals surface area contributed by atoms with Crippen LogP contribution in [0.4, 0.5) is 0 Å². The Hall–Kier alpha value is -7.99. The zero-order valence-electron chi connectivity index (χ0n) is 35.7. The maximum atomic E-state index is 6.58. The Bertz CT molecular complexity index is 3860. The largest absolute Gasteiger partial charge is 0.456 e. The van der Waals surface area contributed by atoms with E-state index >= 15 is 0 Å². The van der Waals surface area contributed by atoms with Crippen molar-refractivity contribution >= 4 is 53.4 Å². The number of rotatable bonds is 6. The van der Waals surface area contributed by atoms with Gasteiger partial charge >= 0.3 is 0 Å². The van der Waals surface area contributed by atoms with Crippen LogP contribution in [-0.2, 0) is 5.41 Å². The van der Waals surface area contributed by atoms with Crippen molar-refractivity contribution in [3.63, 3.8) is 0 Å². The maximum Gasteiger partial charge on any atom is 0.164 e. The standard InChI is InChI=1S/C60H39N3OS/c1-60(2)49-21-8-6-18-45(49)55-43(19-11-22-50(55)60)38-27-25-37(26-28-38)40-29-31-51-48(34-40)56-46(20-12-23-52(56)64-51)59-62-57(41-16-10-15-39(33-41)36-13-4-3-5-14-36)61-58(63-59)42-30-32-54-47(35-42)44-17-7-9-24-53(44)65-54/h3-35H,1-2H3. The van der Waals surface area contributed by atoms with Gasteiger partial charge in [0.2, 0.25) is 0 Å². The monoisotopic (exact) mass is 849 g/mol. The van der Waals surface area contributed by atoms with Gasteiger partial charge in [-0.05, 0) is 104 Å². The van der Waals surface area contributed by atoms with E-state index in [2.05, 4.69) is 196 Å². The second-order valence-corrected chi connectivity index (χ2v) is 18.6. The first-order valence-corrected chi connectivity index (χ1v) is 22.9. The van der Waals surface area contributed by atoms with Crippen molar-refractivity contribution in [2.75, 3.05) is 0 Å². The highest BCUT2D eigenvalue weighted by Crippen LogP contribution is 2.52. The van der Waals surface area contributed by atoms with Crippen LogP contribution in [0.2, 0.25) is 0 Å². The summed E-state index contributed by atoms with van der Waals surface area (Å²) in [6, 6.07) is 71.3. The predicted octanol–water partition coefficient (Wildman–Crippen LogP) is 16.4. The average molecular weight is 850 g/mol. The van der Waals surface area contributed by atoms with Crippen LogP contribution in [0.3, 0.4) is 0 Å². The van der Waals surface area contributed by atoms with Gasteiger partial charge in [0.1, 0.15) is 11.2 Å². The molecule has 65 heavy (non-hydrogen) atoms. The Morgan fingerprint density at radius 1 is 0.369 bits per heavy atom. The SMILES string of the molecule is CC1(C)c2ccccc2-c2c(-c3ccc(-c4ccc5oc6cccc(-c7nc(-c8cccc(-c9ccccc9)c8)nc(-c8ccc9sc%10ccccc%10c9c8)n7)c6c5c4)cc3)cccc21. The number of furan rings is 1. The molecule has 4 nitrogen and oxygen atoms in total. The van der Waals surface area contributed by atoms with Crippen LogP contribution in [0.15, 0.2) is 205 Å². The lowest BCUT2D eigenvalue weighted by Crippen LogP contribution is -2.14. The molecule has 12 aromatic rings. The number of nitrogens with zero attached hydrogens (tertiary/aromatic N) is 3. The van der Waals surface area contributed by atoms with Crippen molar-refractivity contribution in [2.45, 2.75) is 19.3 Å². The Kier molecular flexibility index (Phi) is 8.39. The molecule has 9 aromatic carbocycles. The third-order valence-electron chi connectivity index (χ3n) is 13.4. The molecule has 13 rings (SSSR count). The molecule has 0 bridgehead atoms. The van der Waals surface area contributed by atoms with Crippen LogP contribution >= 0.6 is 11.3 Å². The normalized spacial score (nSPS) is 12.9. The lowest BCUT2D eigenvalue weighted by molar-refractivity contribution is 0.660. The van der Waals surface area contributed by atoms with Crippen LogP contribution in [0.1, 0.15) is 25.0 Å². The first kappa shape index (κ1) is 37.6. The molecule has 1 aliphatic carbocycles. The Morgan fingerprint density at radius 3 is 1.82 bits per heavy atom. The van der Waals surface area contributed by atoms with Crippen LogP contribution in [0, 0.1) is 0 Å². The van der Waals surface area contributed by atoms with Crippen molar-refractivity contribution in [3.8, 4) is 78.7 Å². The van der Waals surface area contributed by atoms with E-state index in [9.17, 15) is 0 Å². The summed E-state index contributed by atoms with van der Waals surface area (Å²) in [4.78, 5) is 15.8. The van der Waals surface area contributed by atoms with Gasteiger partial charge in [-0.25, -0.2) is 15.0 Å². The Labute approximate surface area is 380 Å². The molecule has 0 radical (unpaired) electrons. The van der Waals surface area contributed by atoms with E-state index in [1.54, 1.807) is 11.3 Å². The van der Waals surface area contributed by atoms with Crippen molar-refractivity contribution in [1.82, 2.24) is 15.0 Å². The molecule has 0 atom stereocenters. The van der Waals surface area contributed by atoms with Crippen LogP contribution in [-0.4, -0.2) is 15.0 Å². The molecule has 3 aromatic heterocycles. The summed E-state index contributed by atoms with van der Waals surface area (Å²) in [6.45, 7) is 4.67. The minimum atomic E-state index is -0.0465. The summed E-state index contributed by atoms with van der Waals surface area (Å²) in [5.41, 5.74) is 16.7. The second-order valence-electron chi connectivity index (χ2n) is 17.5. The first-order chi connectivity index (χ1) is 31.9. The van der Waals surface area contributed by atoms with Crippen molar-refractivity contribution < 1.29 is 4.42 Å². The zero-order chi connectivity index (χ0) is 43.2. The fourth-order valence-corrected chi connectivity index (χ4v) is 11.2. The molecule has 0 N–H and O–H groups in total. The van der Waals surface area contributed by atoms with Crippen molar-refractivity contribution in [2.24, 2.45) is 0 Å². The smallest absolute Gasteiger partial charge is 0.164 e. The summed E-state index contributed by atoms with van der Waals surface area (Å²) in [5.74, 6) is 1.82. The van der Waals surface area contributed by atoms with E-state index in [-0.39, 0.29) is 5.41 Å². The summed E-state index contributed by atoms with van der Waals surface area (Å²) in [7, 11) is 0. The summed E-state index contributed by atoms with van der Waals surface area (Å²) >= 11 is 1.81. The first-order valence-electron chi connectivity index (χ1n) is 22.1. The van der Waals surface area contributed by atoms with E-state index in [4.69, 9.17) is 19.4 Å². The van der Waals surface area contributed by atoms with E-state index in [0.29, 0.717) is 17.5 Å². The number of hydrogen-bond donors (Lipinski definition) is 0. The van der Waals surface area contributed by atoms with Gasteiger partial charge in [0.05, 0.1) is 0 Å². The van der Waals surface area contributed by atoms with E-state index in [0.717, 1.165) is 60.9 Å². The minimum absolute atomic E-state index is 0.0465. The lowest BCUT2D eigenvalue weighted by Gasteiger charge is -2.21. The van der Waals surface area contributed by atoms with Gasteiger partial charge in [-0.15, -0.1) is 11.3 Å². The van der Waals surface area contributed by atoms with Gasteiger partial charge in [-0.1, -0.05) is 166 Å². The second kappa shape index (κ2) is 14.5. The Morgan fingerprint density at radius 2 is 0.938 bits per heavy atom. The lowest BCUT2D eigenvalue weighted by atomic mass is 9.82. The number of hydrogen-bond acceptors (Lipinski definition) is 5. The van der Waals surface area contributed by atoms with Crippen LogP contribution in [0.25, 0.3) is 121 Å². The molecule has 0 spiro atoms. The maximum absolute atomic E-state index is 6.58. The van der Waals surface area contributed by atoms with Gasteiger partial charge in [0, 0.05) is 53.1 Å². The topological polar surface area (TPSA) is 51.8 Å². The van der Waals surface area contributed by atoms with Crippen LogP contribution in [0.5, 0.6) is 0 Å². The molecule has 306 valence electrons. The molecule has 5 heteroatoms. The summed E-state index contributed by atoms with van der Waals surface area (Å²) < 4.78 is 9.07. The van der Waals surface area contributed by atoms with Crippen molar-refractivity contribution in [1.29, 1.82) is 0 Å². The quantitative estimate of drug-likeness (QED) is 0.167. The average Bonchev–Trinajstić information content (AvgIpc) is 4.01. The third-order valence-corrected chi connectivity index (χ3v) is 14.5. The van der Waals surface area contributed by atoms with Gasteiger partial charge in [-0.2, -0.15) is 0 Å². The predicted molar refractivity (Wildman–Crippen MR) is 270 cm³/mol. The molecular weight excluding hydrogens is 811 g/mol. The highest BCUT2D eigenvalue weighted by molar-refractivity contribution is 7.25. The summed E-state index contributed by atoms with van der Waals surface area (Å²) in [6.07, 6.45) is 0. The molecule has 0 unspecified atom stereocenters. The fourth-order valence-electron chi connectivity index (χ4n) is 10.1. The zero-order valence-corrected chi connectivity index (χ0v) is 36.5. The molecule has 0 saturated heterocycles. The number of fused-ring (bicyclic) bond motifs is 9. The van der Waals surface area contributed by atoms with E-state index in [1.807, 2.05) is 18.2 Å². The van der Waals surface area contributed by atoms with Crippen molar-refractivity contribution in [3.05, 3.63) is 211 Å². The number of thiophene rings is 1. The molecule has 0 aliphatic heterocycles. The van der Waals surface area contributed by atoms with E-state index < -0.39 is 0 Å². The highest BCUT2D eigenvalue weighted by Gasteiger charge is 2.36. The number of aromatic nitrogens is 3. The molecular formula is C60H39N3OS. The summed E-state index contributed by atoms with van der Waals surface area (Å²) in [5, 5.41) is 4.42.